The van der Waals surface area contributed by atoms with E-state index in [1.165, 1.54) is 28.8 Å². The smallest absolute Gasteiger partial charge is 0.125 e. The van der Waals surface area contributed by atoms with E-state index in [0.717, 1.165) is 23.3 Å². The summed E-state index contributed by atoms with van der Waals surface area (Å²) in [6.07, 6.45) is 2.63. The predicted octanol–water partition coefficient (Wildman–Crippen LogP) is 3.58. The summed E-state index contributed by atoms with van der Waals surface area (Å²) in [7, 11) is 1.73. The van der Waals surface area contributed by atoms with Gasteiger partial charge in [0.25, 0.3) is 0 Å². The van der Waals surface area contributed by atoms with E-state index in [1.54, 1.807) is 29.8 Å². The Bertz CT molecular complexity index is 558. The minimum atomic E-state index is 0.599. The number of ether oxygens (including phenoxy) is 1. The number of nitrogens with zero attached hydrogens (tertiary/aromatic N) is 1. The molecule has 1 aliphatic carbocycles. The van der Waals surface area contributed by atoms with Gasteiger partial charge in [-0.05, 0) is 30.7 Å². The Kier molecular flexibility index (Phi) is 3.98. The third-order valence-electron chi connectivity index (χ3n) is 3.27. The summed E-state index contributed by atoms with van der Waals surface area (Å²) >= 11 is 3.53. The number of rotatable bonds is 6. The quantitative estimate of drug-likeness (QED) is 0.884. The third-order valence-corrected chi connectivity index (χ3v) is 5.27. The van der Waals surface area contributed by atoms with Crippen molar-refractivity contribution in [2.24, 2.45) is 0 Å². The molecule has 2 heterocycles. The summed E-state index contributed by atoms with van der Waals surface area (Å²) in [5.41, 5.74) is 3.66. The van der Waals surface area contributed by atoms with Crippen molar-refractivity contribution >= 4 is 22.7 Å². The van der Waals surface area contributed by atoms with Gasteiger partial charge in [0.2, 0.25) is 0 Å². The molecule has 1 fully saturated rings. The molecule has 0 saturated heterocycles. The van der Waals surface area contributed by atoms with Crippen LogP contribution in [0.1, 0.15) is 29.0 Å². The topological polar surface area (TPSA) is 34.1 Å². The van der Waals surface area contributed by atoms with Gasteiger partial charge in [-0.1, -0.05) is 0 Å². The molecule has 0 unspecified atom stereocenters. The van der Waals surface area contributed by atoms with E-state index >= 15 is 0 Å². The summed E-state index contributed by atoms with van der Waals surface area (Å²) in [5, 5.41) is 9.04. The number of hydrogen-bond donors (Lipinski definition) is 1. The van der Waals surface area contributed by atoms with Crippen molar-refractivity contribution in [2.45, 2.75) is 39.0 Å². The summed E-state index contributed by atoms with van der Waals surface area (Å²) in [6, 6.07) is 0.726. The molecule has 2 aromatic heterocycles. The second-order valence-corrected chi connectivity index (χ2v) is 6.77. The van der Waals surface area contributed by atoms with Crippen LogP contribution in [0.25, 0.3) is 10.6 Å². The number of aromatic nitrogens is 1. The number of nitrogens with one attached hydrogen (secondary N) is 1. The Morgan fingerprint density at radius 3 is 2.89 bits per heavy atom. The van der Waals surface area contributed by atoms with Crippen molar-refractivity contribution in [3.63, 3.8) is 0 Å². The average Bonchev–Trinajstić information content (AvgIpc) is 3.00. The second-order valence-electron chi connectivity index (χ2n) is 4.95. The molecule has 0 aliphatic heterocycles. The van der Waals surface area contributed by atoms with Gasteiger partial charge < -0.3 is 10.1 Å². The van der Waals surface area contributed by atoms with E-state index in [1.807, 2.05) is 0 Å². The van der Waals surface area contributed by atoms with Crippen LogP contribution in [0.5, 0.6) is 0 Å². The normalized spacial score (nSPS) is 15.1. The molecule has 0 atom stereocenters. The maximum absolute atomic E-state index is 5.27. The van der Waals surface area contributed by atoms with Gasteiger partial charge in [-0.3, -0.25) is 0 Å². The molecule has 1 saturated carbocycles. The van der Waals surface area contributed by atoms with Crippen molar-refractivity contribution in [3.05, 3.63) is 26.9 Å². The van der Waals surface area contributed by atoms with E-state index in [4.69, 9.17) is 9.72 Å². The van der Waals surface area contributed by atoms with E-state index in [-0.39, 0.29) is 0 Å². The van der Waals surface area contributed by atoms with Gasteiger partial charge in [0.15, 0.2) is 0 Å². The molecule has 0 radical (unpaired) electrons. The van der Waals surface area contributed by atoms with Gasteiger partial charge in [-0.15, -0.1) is 11.3 Å². The fraction of sp³-hybridized carbons (Fsp3) is 0.500. The van der Waals surface area contributed by atoms with Crippen LogP contribution < -0.4 is 5.32 Å². The van der Waals surface area contributed by atoms with Crippen LogP contribution in [-0.4, -0.2) is 18.1 Å². The largest absolute Gasteiger partial charge is 0.378 e. The Hall–Kier alpha value is -0.750. The molecule has 3 rings (SSSR count). The van der Waals surface area contributed by atoms with E-state index in [2.05, 4.69) is 23.0 Å². The fourth-order valence-electron chi connectivity index (χ4n) is 1.99. The molecule has 102 valence electrons. The highest BCUT2D eigenvalue weighted by atomic mass is 32.1. The molecule has 1 aliphatic rings. The first-order valence-electron chi connectivity index (χ1n) is 6.52. The van der Waals surface area contributed by atoms with Crippen molar-refractivity contribution in [1.29, 1.82) is 0 Å². The third kappa shape index (κ3) is 3.05. The second kappa shape index (κ2) is 5.71. The zero-order chi connectivity index (χ0) is 13.2. The van der Waals surface area contributed by atoms with Gasteiger partial charge in [0, 0.05) is 35.5 Å². The lowest BCUT2D eigenvalue weighted by molar-refractivity contribution is 0.181. The lowest BCUT2D eigenvalue weighted by atomic mass is 10.2. The van der Waals surface area contributed by atoms with E-state index in [0.29, 0.717) is 6.61 Å². The monoisotopic (exact) mass is 294 g/mol. The molecule has 0 bridgehead atoms. The Labute approximate surface area is 121 Å². The van der Waals surface area contributed by atoms with Crippen molar-refractivity contribution in [3.8, 4) is 10.6 Å². The first-order valence-corrected chi connectivity index (χ1v) is 8.28. The number of aryl methyl sites for hydroxylation is 1. The summed E-state index contributed by atoms with van der Waals surface area (Å²) in [5.74, 6) is 0. The Morgan fingerprint density at radius 1 is 1.42 bits per heavy atom. The zero-order valence-electron chi connectivity index (χ0n) is 11.2. The average molecular weight is 294 g/mol. The highest BCUT2D eigenvalue weighted by molar-refractivity contribution is 7.15. The van der Waals surface area contributed by atoms with Crippen LogP contribution in [0.15, 0.2) is 10.8 Å². The minimum absolute atomic E-state index is 0.599. The van der Waals surface area contributed by atoms with Crippen molar-refractivity contribution in [1.82, 2.24) is 10.3 Å². The van der Waals surface area contributed by atoms with Gasteiger partial charge >= 0.3 is 0 Å². The molecule has 2 aromatic rings. The number of methoxy groups -OCH3 is 1. The van der Waals surface area contributed by atoms with Gasteiger partial charge in [-0.25, -0.2) is 4.98 Å². The highest BCUT2D eigenvalue weighted by Gasteiger charge is 2.22. The number of thiazole rings is 1. The molecular formula is C14H18N2OS2. The lowest BCUT2D eigenvalue weighted by Crippen LogP contribution is -2.15. The van der Waals surface area contributed by atoms with E-state index < -0.39 is 0 Å². The van der Waals surface area contributed by atoms with Gasteiger partial charge in [0.05, 0.1) is 12.3 Å². The maximum atomic E-state index is 5.27. The van der Waals surface area contributed by atoms with Gasteiger partial charge in [-0.2, -0.15) is 11.3 Å². The fourth-order valence-corrected chi connectivity index (χ4v) is 3.99. The standard InChI is InChI=1S/C14H18N2OS2/c1-9-7-18-8-11(9)14-16-12(6-17-2)13(19-14)5-15-10-3-4-10/h7-8,10,15H,3-6H2,1-2H3. The molecular weight excluding hydrogens is 276 g/mol. The molecule has 19 heavy (non-hydrogen) atoms. The molecule has 1 N–H and O–H groups in total. The van der Waals surface area contributed by atoms with Crippen LogP contribution in [-0.2, 0) is 17.9 Å². The van der Waals surface area contributed by atoms with E-state index in [9.17, 15) is 0 Å². The van der Waals surface area contributed by atoms with Crippen molar-refractivity contribution in [2.75, 3.05) is 7.11 Å². The first-order chi connectivity index (χ1) is 9.28. The van der Waals surface area contributed by atoms with Crippen LogP contribution >= 0.6 is 22.7 Å². The number of hydrogen-bond acceptors (Lipinski definition) is 5. The van der Waals surface area contributed by atoms with Crippen LogP contribution in [0.4, 0.5) is 0 Å². The van der Waals surface area contributed by atoms with Crippen LogP contribution in [0.3, 0.4) is 0 Å². The molecule has 0 aromatic carbocycles. The minimum Gasteiger partial charge on any atom is -0.378 e. The molecule has 0 amide bonds. The maximum Gasteiger partial charge on any atom is 0.125 e. The Morgan fingerprint density at radius 2 is 2.26 bits per heavy atom. The lowest BCUT2D eigenvalue weighted by Gasteiger charge is -2.02. The van der Waals surface area contributed by atoms with Gasteiger partial charge in [0.1, 0.15) is 5.01 Å². The first kappa shape index (κ1) is 13.2. The Balaban J connectivity index is 1.84. The summed E-state index contributed by atoms with van der Waals surface area (Å²) in [4.78, 5) is 6.08. The summed E-state index contributed by atoms with van der Waals surface area (Å²) in [6.45, 7) is 3.66. The van der Waals surface area contributed by atoms with Crippen molar-refractivity contribution < 1.29 is 4.74 Å². The van der Waals surface area contributed by atoms with Crippen LogP contribution in [0, 0.1) is 6.92 Å². The molecule has 0 spiro atoms. The number of thiophene rings is 1. The predicted molar refractivity (Wildman–Crippen MR) is 80.7 cm³/mol. The summed E-state index contributed by atoms with van der Waals surface area (Å²) < 4.78 is 5.27. The highest BCUT2D eigenvalue weighted by Crippen LogP contribution is 2.33. The SMILES string of the molecule is COCc1nc(-c2cscc2C)sc1CNC1CC1. The van der Waals surface area contributed by atoms with Crippen LogP contribution in [0.2, 0.25) is 0 Å². The zero-order valence-corrected chi connectivity index (χ0v) is 12.9. The molecule has 3 nitrogen and oxygen atoms in total. The molecule has 5 heteroatoms.